The van der Waals surface area contributed by atoms with E-state index in [1.54, 1.807) is 0 Å². The van der Waals surface area contributed by atoms with Crippen molar-refractivity contribution in [3.63, 3.8) is 0 Å². The maximum atomic E-state index is 12.5. The van der Waals surface area contributed by atoms with Crippen LogP contribution in [-0.2, 0) is 23.9 Å². The maximum Gasteiger partial charge on any atom is 0.330 e. The molecule has 0 aliphatic carbocycles. The van der Waals surface area contributed by atoms with Crippen molar-refractivity contribution in [2.45, 2.75) is 103 Å². The predicted molar refractivity (Wildman–Crippen MR) is 117 cm³/mol. The van der Waals surface area contributed by atoms with E-state index < -0.39 is 36.0 Å². The van der Waals surface area contributed by atoms with Crippen LogP contribution in [0.25, 0.3) is 0 Å². The molecule has 0 rings (SSSR count). The second-order valence-corrected chi connectivity index (χ2v) is 7.74. The molecule has 0 aromatic heterocycles. The van der Waals surface area contributed by atoms with Gasteiger partial charge in [0.2, 0.25) is 0 Å². The fourth-order valence-electron chi connectivity index (χ4n) is 3.04. The van der Waals surface area contributed by atoms with E-state index in [2.05, 4.69) is 24.5 Å². The van der Waals surface area contributed by atoms with E-state index >= 15 is 0 Å². The molecule has 2 atom stereocenters. The van der Waals surface area contributed by atoms with Crippen molar-refractivity contribution in [2.75, 3.05) is 13.1 Å². The van der Waals surface area contributed by atoms with Crippen molar-refractivity contribution >= 4 is 23.9 Å². The van der Waals surface area contributed by atoms with Crippen LogP contribution >= 0.6 is 0 Å². The first-order valence-electron chi connectivity index (χ1n) is 11.5. The summed E-state index contributed by atoms with van der Waals surface area (Å²) in [5.74, 6) is -3.72. The van der Waals surface area contributed by atoms with Crippen LogP contribution in [0, 0.1) is 0 Å². The van der Waals surface area contributed by atoms with Gasteiger partial charge in [0.05, 0.1) is 0 Å². The fraction of sp³-hybridized carbons (Fsp3) is 0.818. The third kappa shape index (κ3) is 16.4. The van der Waals surface area contributed by atoms with Crippen molar-refractivity contribution in [2.24, 2.45) is 0 Å². The van der Waals surface area contributed by atoms with Gasteiger partial charge in [-0.3, -0.25) is 9.59 Å². The number of unbranched alkanes of at least 4 members (excludes halogenated alkanes) is 6. The summed E-state index contributed by atoms with van der Waals surface area (Å²) >= 11 is 0. The highest BCUT2D eigenvalue weighted by Crippen LogP contribution is 2.07. The van der Waals surface area contributed by atoms with Gasteiger partial charge in [0.1, 0.15) is 12.1 Å². The van der Waals surface area contributed by atoms with Crippen molar-refractivity contribution in [1.82, 2.24) is 10.6 Å². The van der Waals surface area contributed by atoms with Crippen LogP contribution in [0.2, 0.25) is 0 Å². The summed E-state index contributed by atoms with van der Waals surface area (Å²) in [6.07, 6.45) is 7.49. The number of hydrogen-bond acceptors (Lipinski definition) is 7. The molecular weight excluding hydrogens is 404 g/mol. The Balaban J connectivity index is 4.81. The second-order valence-electron chi connectivity index (χ2n) is 7.74. The molecule has 0 amide bonds. The SMILES string of the molecule is CCCCCCNC(CCC(=O)O)C(=O)OC(=O)C(CCC(=O)O)NCCCCCC. The Morgan fingerprint density at radius 2 is 1.06 bits per heavy atom. The smallest absolute Gasteiger partial charge is 0.330 e. The number of esters is 2. The molecule has 0 aromatic carbocycles. The van der Waals surface area contributed by atoms with Crippen LogP contribution in [0.15, 0.2) is 0 Å². The molecule has 0 aliphatic heterocycles. The molecule has 0 heterocycles. The van der Waals surface area contributed by atoms with Crippen LogP contribution in [0.4, 0.5) is 0 Å². The minimum Gasteiger partial charge on any atom is -0.481 e. The predicted octanol–water partition coefficient (Wildman–Crippen LogP) is 2.86. The Bertz CT molecular complexity index is 494. The number of carbonyl (C=O) groups is 4. The van der Waals surface area contributed by atoms with Gasteiger partial charge in [-0.2, -0.15) is 0 Å². The monoisotopic (exact) mass is 444 g/mol. The summed E-state index contributed by atoms with van der Waals surface area (Å²) in [5.41, 5.74) is 0. The normalized spacial score (nSPS) is 12.8. The average Bonchev–Trinajstić information content (AvgIpc) is 2.71. The summed E-state index contributed by atoms with van der Waals surface area (Å²) in [4.78, 5) is 46.8. The molecule has 0 saturated carbocycles. The van der Waals surface area contributed by atoms with Crippen LogP contribution in [0.3, 0.4) is 0 Å². The number of carbonyl (C=O) groups excluding carboxylic acids is 2. The standard InChI is InChI=1S/C22H40N2O7/c1-3-5-7-9-15-23-17(11-13-19(25)26)21(29)31-22(30)18(12-14-20(27)28)24-16-10-8-6-4-2/h17-18,23-24H,3-16H2,1-2H3,(H,25,26)(H,27,28). The molecule has 0 fully saturated rings. The minimum atomic E-state index is -1.04. The zero-order valence-electron chi connectivity index (χ0n) is 19.0. The summed E-state index contributed by atoms with van der Waals surface area (Å²) in [5, 5.41) is 23.8. The molecule has 0 saturated heterocycles. The quantitative estimate of drug-likeness (QED) is 0.127. The fourth-order valence-corrected chi connectivity index (χ4v) is 3.04. The van der Waals surface area contributed by atoms with Crippen LogP contribution in [0.1, 0.15) is 90.9 Å². The van der Waals surface area contributed by atoms with Gasteiger partial charge in [-0.15, -0.1) is 0 Å². The molecular formula is C22H40N2O7. The van der Waals surface area contributed by atoms with Crippen molar-refractivity contribution in [3.05, 3.63) is 0 Å². The topological polar surface area (TPSA) is 142 Å². The first-order chi connectivity index (χ1) is 14.8. The van der Waals surface area contributed by atoms with E-state index in [0.717, 1.165) is 51.4 Å². The van der Waals surface area contributed by atoms with E-state index in [1.165, 1.54) is 0 Å². The first-order valence-corrected chi connectivity index (χ1v) is 11.5. The molecule has 9 nitrogen and oxygen atoms in total. The third-order valence-corrected chi connectivity index (χ3v) is 4.91. The molecule has 9 heteroatoms. The van der Waals surface area contributed by atoms with Gasteiger partial charge in [0, 0.05) is 12.8 Å². The first kappa shape index (κ1) is 29.0. The molecule has 180 valence electrons. The number of nitrogens with one attached hydrogen (secondary N) is 2. The van der Waals surface area contributed by atoms with E-state index in [-0.39, 0.29) is 25.7 Å². The molecule has 0 radical (unpaired) electrons. The van der Waals surface area contributed by atoms with Gasteiger partial charge < -0.3 is 25.6 Å². The summed E-state index contributed by atoms with van der Waals surface area (Å²) in [6, 6.07) is -1.79. The Labute approximate surface area is 185 Å². The number of carboxylic acid groups (broad SMARTS) is 2. The van der Waals surface area contributed by atoms with Gasteiger partial charge >= 0.3 is 23.9 Å². The number of rotatable bonds is 20. The Morgan fingerprint density at radius 1 is 0.677 bits per heavy atom. The molecule has 0 aliphatic rings. The highest BCUT2D eigenvalue weighted by Gasteiger charge is 2.27. The maximum absolute atomic E-state index is 12.5. The summed E-state index contributed by atoms with van der Waals surface area (Å²) < 4.78 is 5.01. The largest absolute Gasteiger partial charge is 0.481 e. The lowest BCUT2D eigenvalue weighted by Gasteiger charge is -2.20. The van der Waals surface area contributed by atoms with E-state index in [9.17, 15) is 19.2 Å². The van der Waals surface area contributed by atoms with Crippen LogP contribution in [-0.4, -0.2) is 59.3 Å². The van der Waals surface area contributed by atoms with Crippen LogP contribution in [0.5, 0.6) is 0 Å². The number of carboxylic acids is 2. The Hall–Kier alpha value is -2.00. The summed E-state index contributed by atoms with van der Waals surface area (Å²) in [6.45, 7) is 5.22. The number of aliphatic carboxylic acids is 2. The highest BCUT2D eigenvalue weighted by molar-refractivity contribution is 5.91. The van der Waals surface area contributed by atoms with E-state index in [4.69, 9.17) is 14.9 Å². The lowest BCUT2D eigenvalue weighted by atomic mass is 10.1. The van der Waals surface area contributed by atoms with Gasteiger partial charge in [-0.1, -0.05) is 52.4 Å². The zero-order chi connectivity index (χ0) is 23.5. The molecule has 0 bridgehead atoms. The highest BCUT2D eigenvalue weighted by atomic mass is 16.6. The van der Waals surface area contributed by atoms with Crippen molar-refractivity contribution < 1.29 is 34.1 Å². The summed E-state index contributed by atoms with van der Waals surface area (Å²) in [7, 11) is 0. The van der Waals surface area contributed by atoms with Crippen molar-refractivity contribution in [3.8, 4) is 0 Å². The van der Waals surface area contributed by atoms with E-state index in [1.807, 2.05) is 0 Å². The van der Waals surface area contributed by atoms with Gasteiger partial charge in [-0.05, 0) is 38.8 Å². The molecule has 31 heavy (non-hydrogen) atoms. The Morgan fingerprint density at radius 3 is 1.39 bits per heavy atom. The van der Waals surface area contributed by atoms with Crippen LogP contribution < -0.4 is 10.6 Å². The average molecular weight is 445 g/mol. The van der Waals surface area contributed by atoms with Gasteiger partial charge in [0.15, 0.2) is 0 Å². The molecule has 4 N–H and O–H groups in total. The van der Waals surface area contributed by atoms with Gasteiger partial charge in [0.25, 0.3) is 0 Å². The third-order valence-electron chi connectivity index (χ3n) is 4.91. The molecule has 2 unspecified atom stereocenters. The lowest BCUT2D eigenvalue weighted by molar-refractivity contribution is -0.163. The molecule has 0 spiro atoms. The lowest BCUT2D eigenvalue weighted by Crippen LogP contribution is -2.44. The van der Waals surface area contributed by atoms with E-state index in [0.29, 0.717) is 13.1 Å². The number of hydrogen-bond donors (Lipinski definition) is 4. The zero-order valence-corrected chi connectivity index (χ0v) is 19.0. The number of ether oxygens (including phenoxy) is 1. The Kier molecular flexibility index (Phi) is 17.5. The second kappa shape index (κ2) is 18.7. The van der Waals surface area contributed by atoms with Gasteiger partial charge in [-0.25, -0.2) is 9.59 Å². The minimum absolute atomic E-state index is 0.0134. The van der Waals surface area contributed by atoms with Crippen molar-refractivity contribution in [1.29, 1.82) is 0 Å². The molecule has 0 aromatic rings.